The van der Waals surface area contributed by atoms with Crippen LogP contribution < -0.4 is 4.90 Å². The molecule has 0 saturated heterocycles. The molecular formula is C22H21N9O. The van der Waals surface area contributed by atoms with Gasteiger partial charge in [0.05, 0.1) is 23.2 Å². The Morgan fingerprint density at radius 2 is 2.12 bits per heavy atom. The van der Waals surface area contributed by atoms with Crippen molar-refractivity contribution in [2.45, 2.75) is 32.2 Å². The Hall–Kier alpha value is -4.08. The average molecular weight is 427 g/mol. The minimum absolute atomic E-state index is 0.247. The molecule has 0 aliphatic carbocycles. The first kappa shape index (κ1) is 18.7. The maximum atomic E-state index is 6.03. The Balaban J connectivity index is 1.46. The smallest absolute Gasteiger partial charge is 0.319 e. The highest BCUT2D eigenvalue weighted by Gasteiger charge is 2.36. The largest absolute Gasteiger partial charge is 0.402 e. The fourth-order valence-corrected chi connectivity index (χ4v) is 4.31. The van der Waals surface area contributed by atoms with Crippen LogP contribution in [0.1, 0.15) is 48.5 Å². The Morgan fingerprint density at radius 1 is 1.19 bits per heavy atom. The zero-order valence-corrected chi connectivity index (χ0v) is 17.7. The third kappa shape index (κ3) is 2.95. The molecule has 0 fully saturated rings. The molecule has 0 bridgehead atoms. The number of H-pyrrole nitrogens is 1. The van der Waals surface area contributed by atoms with Crippen molar-refractivity contribution in [1.82, 2.24) is 39.7 Å². The monoisotopic (exact) mass is 427 g/mol. The number of hydrogen-bond donors (Lipinski definition) is 1. The summed E-state index contributed by atoms with van der Waals surface area (Å²) in [6.45, 7) is 5.07. The number of aromatic nitrogens is 8. The van der Waals surface area contributed by atoms with Gasteiger partial charge in [0.25, 0.3) is 5.89 Å². The summed E-state index contributed by atoms with van der Waals surface area (Å²) >= 11 is 0. The van der Waals surface area contributed by atoms with Gasteiger partial charge in [-0.05, 0) is 29.7 Å². The predicted molar refractivity (Wildman–Crippen MR) is 116 cm³/mol. The Labute approximate surface area is 183 Å². The number of anilines is 1. The fourth-order valence-electron chi connectivity index (χ4n) is 4.31. The number of aromatic amines is 1. The third-order valence-electron chi connectivity index (χ3n) is 5.84. The van der Waals surface area contributed by atoms with E-state index in [1.54, 1.807) is 18.6 Å². The molecule has 10 heteroatoms. The molecule has 6 heterocycles. The summed E-state index contributed by atoms with van der Waals surface area (Å²) in [6.07, 6.45) is 7.61. The molecule has 1 aliphatic heterocycles. The molecule has 0 amide bonds. The van der Waals surface area contributed by atoms with Crippen LogP contribution in [-0.4, -0.2) is 46.3 Å². The lowest BCUT2D eigenvalue weighted by Gasteiger charge is -2.32. The second-order valence-electron chi connectivity index (χ2n) is 8.11. The fraction of sp³-hybridized carbons (Fsp3) is 0.273. The van der Waals surface area contributed by atoms with Crippen LogP contribution in [0.4, 0.5) is 6.01 Å². The maximum absolute atomic E-state index is 6.03. The minimum Gasteiger partial charge on any atom is -0.402 e. The van der Waals surface area contributed by atoms with E-state index < -0.39 is 0 Å². The van der Waals surface area contributed by atoms with Crippen molar-refractivity contribution in [1.29, 1.82) is 0 Å². The minimum atomic E-state index is -0.247. The summed E-state index contributed by atoms with van der Waals surface area (Å²) in [5.41, 5.74) is 5.83. The van der Waals surface area contributed by atoms with Crippen LogP contribution in [0, 0.1) is 0 Å². The van der Waals surface area contributed by atoms with E-state index in [0.29, 0.717) is 30.1 Å². The summed E-state index contributed by atoms with van der Waals surface area (Å²) in [4.78, 5) is 18.1. The number of rotatable bonds is 4. The van der Waals surface area contributed by atoms with Gasteiger partial charge >= 0.3 is 6.01 Å². The summed E-state index contributed by atoms with van der Waals surface area (Å²) in [5.74, 6) is 0.740. The van der Waals surface area contributed by atoms with Gasteiger partial charge in [-0.15, -0.1) is 5.10 Å². The topological polar surface area (TPSA) is 114 Å². The molecule has 1 N–H and O–H groups in total. The molecule has 5 aromatic rings. The maximum Gasteiger partial charge on any atom is 0.319 e. The molecule has 1 atom stereocenters. The van der Waals surface area contributed by atoms with E-state index in [0.717, 1.165) is 29.0 Å². The molecule has 6 rings (SSSR count). The van der Waals surface area contributed by atoms with Crippen molar-refractivity contribution in [3.8, 4) is 11.6 Å². The standard InChI is InChI=1S/C22H21N9O/c1-13(2)14-4-3-8-31-18(14)10-17(29-31)20-19-15(25-12-26-19)6-9-30(20)22-28-27-21(32-22)16-5-7-23-11-24-16/h3-5,7-8,10-13,20H,6,9H2,1-2H3,(H,25,26)/t20-/m1/s1. The Morgan fingerprint density at radius 3 is 2.97 bits per heavy atom. The normalized spacial score (nSPS) is 16.1. The van der Waals surface area contributed by atoms with Gasteiger partial charge < -0.3 is 14.3 Å². The molecule has 10 nitrogen and oxygen atoms in total. The van der Waals surface area contributed by atoms with E-state index in [9.17, 15) is 0 Å². The van der Waals surface area contributed by atoms with Gasteiger partial charge in [0.2, 0.25) is 0 Å². The van der Waals surface area contributed by atoms with Gasteiger partial charge in [0.15, 0.2) is 0 Å². The quantitative estimate of drug-likeness (QED) is 0.465. The van der Waals surface area contributed by atoms with Gasteiger partial charge in [-0.2, -0.15) is 5.10 Å². The first-order valence-electron chi connectivity index (χ1n) is 10.6. The van der Waals surface area contributed by atoms with E-state index in [1.807, 2.05) is 16.8 Å². The number of nitrogens with one attached hydrogen (secondary N) is 1. The zero-order valence-electron chi connectivity index (χ0n) is 17.7. The number of imidazole rings is 1. The van der Waals surface area contributed by atoms with Crippen molar-refractivity contribution in [2.75, 3.05) is 11.4 Å². The summed E-state index contributed by atoms with van der Waals surface area (Å²) in [7, 11) is 0. The molecule has 1 aliphatic rings. The highest BCUT2D eigenvalue weighted by atomic mass is 16.4. The van der Waals surface area contributed by atoms with Crippen LogP contribution >= 0.6 is 0 Å². The molecule has 5 aromatic heterocycles. The molecule has 0 radical (unpaired) electrons. The third-order valence-corrected chi connectivity index (χ3v) is 5.84. The molecule has 0 spiro atoms. The molecule has 32 heavy (non-hydrogen) atoms. The number of fused-ring (bicyclic) bond motifs is 2. The van der Waals surface area contributed by atoms with Crippen LogP contribution in [-0.2, 0) is 6.42 Å². The van der Waals surface area contributed by atoms with Gasteiger partial charge in [0, 0.05) is 31.1 Å². The van der Waals surface area contributed by atoms with Crippen LogP contribution in [0.15, 0.2) is 53.7 Å². The van der Waals surface area contributed by atoms with Crippen molar-refractivity contribution in [3.63, 3.8) is 0 Å². The molecule has 0 saturated carbocycles. The lowest BCUT2D eigenvalue weighted by atomic mass is 9.99. The molecule has 0 aromatic carbocycles. The summed E-state index contributed by atoms with van der Waals surface area (Å²) in [6, 6.07) is 8.23. The van der Waals surface area contributed by atoms with Gasteiger partial charge in [0.1, 0.15) is 18.1 Å². The zero-order chi connectivity index (χ0) is 21.7. The number of hydrogen-bond acceptors (Lipinski definition) is 8. The predicted octanol–water partition coefficient (Wildman–Crippen LogP) is 3.17. The number of pyridine rings is 1. The second-order valence-corrected chi connectivity index (χ2v) is 8.11. The van der Waals surface area contributed by atoms with Crippen molar-refractivity contribution >= 4 is 11.5 Å². The average Bonchev–Trinajstić information content (AvgIpc) is 3.57. The van der Waals surface area contributed by atoms with Crippen LogP contribution in [0.5, 0.6) is 0 Å². The van der Waals surface area contributed by atoms with Crippen LogP contribution in [0.2, 0.25) is 0 Å². The highest BCUT2D eigenvalue weighted by molar-refractivity contribution is 5.59. The molecule has 160 valence electrons. The summed E-state index contributed by atoms with van der Waals surface area (Å²) in [5, 5.41) is 13.4. The first-order valence-corrected chi connectivity index (χ1v) is 10.6. The van der Waals surface area contributed by atoms with Crippen molar-refractivity contribution in [3.05, 3.63) is 72.0 Å². The van der Waals surface area contributed by atoms with Gasteiger partial charge in [-0.3, -0.25) is 0 Å². The van der Waals surface area contributed by atoms with Gasteiger partial charge in [-0.1, -0.05) is 25.0 Å². The molecule has 0 unspecified atom stereocenters. The number of nitrogens with zero attached hydrogens (tertiary/aromatic N) is 8. The van der Waals surface area contributed by atoms with Crippen LogP contribution in [0.25, 0.3) is 17.1 Å². The lowest BCUT2D eigenvalue weighted by Crippen LogP contribution is -2.36. The SMILES string of the molecule is CC(C)c1cccn2nc([C@@H]3c4nc[nH]c4CCN3c3nnc(-c4ccncn4)o3)cc12. The second kappa shape index (κ2) is 7.26. The Kier molecular flexibility index (Phi) is 4.23. The van der Waals surface area contributed by atoms with E-state index in [-0.39, 0.29) is 6.04 Å². The van der Waals surface area contributed by atoms with Crippen molar-refractivity contribution < 1.29 is 4.42 Å². The Bertz CT molecular complexity index is 1380. The lowest BCUT2D eigenvalue weighted by molar-refractivity contribution is 0.502. The van der Waals surface area contributed by atoms with Gasteiger partial charge in [-0.25, -0.2) is 19.5 Å². The van der Waals surface area contributed by atoms with E-state index in [2.05, 4.69) is 61.0 Å². The molecular weight excluding hydrogens is 406 g/mol. The highest BCUT2D eigenvalue weighted by Crippen LogP contribution is 2.37. The van der Waals surface area contributed by atoms with Crippen LogP contribution in [0.3, 0.4) is 0 Å². The van der Waals surface area contributed by atoms with E-state index >= 15 is 0 Å². The van der Waals surface area contributed by atoms with E-state index in [1.165, 1.54) is 11.9 Å². The first-order chi connectivity index (χ1) is 15.7. The van der Waals surface area contributed by atoms with Crippen molar-refractivity contribution in [2.24, 2.45) is 0 Å². The van der Waals surface area contributed by atoms with E-state index in [4.69, 9.17) is 9.52 Å². The summed E-state index contributed by atoms with van der Waals surface area (Å²) < 4.78 is 7.96.